The van der Waals surface area contributed by atoms with Gasteiger partial charge in [-0.15, -0.1) is 0 Å². The molecular weight excluding hydrogens is 387 g/mol. The molecule has 27 heavy (non-hydrogen) atoms. The van der Waals surface area contributed by atoms with Gasteiger partial charge in [0.2, 0.25) is 0 Å². The molecule has 0 amide bonds. The molecule has 148 valence electrons. The Kier molecular flexibility index (Phi) is 6.08. The fourth-order valence-corrected chi connectivity index (χ4v) is 7.28. The van der Waals surface area contributed by atoms with E-state index in [1.165, 1.54) is 22.4 Å². The van der Waals surface area contributed by atoms with Crippen molar-refractivity contribution >= 4 is 17.7 Å². The average Bonchev–Trinajstić information content (AvgIpc) is 2.44. The molecule has 0 atom stereocenters. The van der Waals surface area contributed by atoms with Gasteiger partial charge in [-0.25, -0.2) is 0 Å². The summed E-state index contributed by atoms with van der Waals surface area (Å²) < 4.78 is 4.01. The van der Waals surface area contributed by atoms with Crippen LogP contribution in [0.3, 0.4) is 0 Å². The molecule has 0 radical (unpaired) electrons. The molecule has 0 aliphatic heterocycles. The Morgan fingerprint density at radius 1 is 0.926 bits per heavy atom. The quantitative estimate of drug-likeness (QED) is 0.423. The standard InChI is InChI=1S/C25H40GeN/c1-18-12-13-20(25(5,6)7)14-21(18)23-15-22(26(8,9)10)19(17-27(23)11)16-24(2,3)4/h12-15,17H,16H2,1-11H3/q+1. The second-order valence-corrected chi connectivity index (χ2v) is 22.0. The summed E-state index contributed by atoms with van der Waals surface area (Å²) in [5.41, 5.74) is 7.50. The van der Waals surface area contributed by atoms with Gasteiger partial charge in [0.15, 0.2) is 0 Å². The van der Waals surface area contributed by atoms with E-state index in [9.17, 15) is 0 Å². The summed E-state index contributed by atoms with van der Waals surface area (Å²) in [7, 11) is 2.21. The van der Waals surface area contributed by atoms with Gasteiger partial charge in [0.25, 0.3) is 0 Å². The summed E-state index contributed by atoms with van der Waals surface area (Å²) in [6.45, 7) is 16.2. The number of aromatic nitrogens is 1. The van der Waals surface area contributed by atoms with Crippen LogP contribution in [-0.2, 0) is 18.9 Å². The number of hydrogen-bond donors (Lipinski definition) is 0. The molecular formula is C25H40GeN+. The van der Waals surface area contributed by atoms with Crippen LogP contribution in [0.5, 0.6) is 0 Å². The first-order valence-corrected chi connectivity index (χ1v) is 17.6. The Morgan fingerprint density at radius 2 is 1.52 bits per heavy atom. The van der Waals surface area contributed by atoms with Gasteiger partial charge < -0.3 is 0 Å². The van der Waals surface area contributed by atoms with Gasteiger partial charge in [-0.3, -0.25) is 0 Å². The fourth-order valence-electron chi connectivity index (χ4n) is 3.75. The molecule has 2 heteroatoms. The monoisotopic (exact) mass is 428 g/mol. The Morgan fingerprint density at radius 3 is 2.00 bits per heavy atom. The Hall–Kier alpha value is -1.09. The third-order valence-electron chi connectivity index (χ3n) is 5.26. The summed E-state index contributed by atoms with van der Waals surface area (Å²) in [5.74, 6) is 7.55. The Labute approximate surface area is 170 Å². The van der Waals surface area contributed by atoms with Crippen molar-refractivity contribution in [1.29, 1.82) is 0 Å². The van der Waals surface area contributed by atoms with Crippen molar-refractivity contribution in [2.24, 2.45) is 12.5 Å². The zero-order valence-corrected chi connectivity index (χ0v) is 21.6. The predicted molar refractivity (Wildman–Crippen MR) is 123 cm³/mol. The van der Waals surface area contributed by atoms with Crippen molar-refractivity contribution in [3.8, 4) is 11.3 Å². The van der Waals surface area contributed by atoms with E-state index in [0.717, 1.165) is 6.42 Å². The van der Waals surface area contributed by atoms with Crippen molar-refractivity contribution in [2.75, 3.05) is 0 Å². The minimum absolute atomic E-state index is 0.165. The van der Waals surface area contributed by atoms with Crippen LogP contribution in [0.4, 0.5) is 0 Å². The van der Waals surface area contributed by atoms with Gasteiger partial charge >= 0.3 is 171 Å². The van der Waals surface area contributed by atoms with E-state index in [1.54, 1.807) is 9.96 Å². The summed E-state index contributed by atoms with van der Waals surface area (Å²) in [6.07, 6.45) is 3.55. The van der Waals surface area contributed by atoms with Gasteiger partial charge in [0.1, 0.15) is 0 Å². The molecule has 2 rings (SSSR count). The first-order valence-electron chi connectivity index (χ1n) is 10.2. The third-order valence-corrected chi connectivity index (χ3v) is 9.63. The average molecular weight is 427 g/mol. The Bertz CT molecular complexity index is 827. The molecule has 0 N–H and O–H groups in total. The number of rotatable bonds is 3. The molecule has 0 saturated heterocycles. The van der Waals surface area contributed by atoms with Crippen molar-refractivity contribution in [3.05, 3.63) is 47.2 Å². The number of pyridine rings is 1. The van der Waals surface area contributed by atoms with E-state index < -0.39 is 13.3 Å². The number of aryl methyl sites for hydroxylation is 2. The molecule has 1 aromatic carbocycles. The molecule has 1 heterocycles. The third kappa shape index (κ3) is 5.47. The molecule has 0 saturated carbocycles. The first-order chi connectivity index (χ1) is 12.1. The molecule has 0 aliphatic carbocycles. The minimum atomic E-state index is -2.00. The van der Waals surface area contributed by atoms with E-state index in [2.05, 4.69) is 108 Å². The SMILES string of the molecule is Cc1ccc(C(C)(C)C)cc1-c1c[c]([Ge]([CH3])([CH3])[CH3])c(CC(C)(C)C)c[n+]1C. The second kappa shape index (κ2) is 7.39. The van der Waals surface area contributed by atoms with E-state index in [-0.39, 0.29) is 5.41 Å². The normalized spacial score (nSPS) is 13.1. The predicted octanol–water partition coefficient (Wildman–Crippen LogP) is 5.92. The maximum absolute atomic E-state index is 2.52. The van der Waals surface area contributed by atoms with Crippen LogP contribution in [0, 0.1) is 12.3 Å². The van der Waals surface area contributed by atoms with Crippen molar-refractivity contribution in [3.63, 3.8) is 0 Å². The van der Waals surface area contributed by atoms with E-state index in [0.29, 0.717) is 5.41 Å². The first kappa shape index (κ1) is 22.2. The summed E-state index contributed by atoms with van der Waals surface area (Å²) in [6, 6.07) is 9.51. The van der Waals surface area contributed by atoms with Crippen molar-refractivity contribution in [1.82, 2.24) is 0 Å². The topological polar surface area (TPSA) is 3.88 Å². The number of nitrogens with zero attached hydrogens (tertiary/aromatic N) is 1. The molecule has 0 fully saturated rings. The van der Waals surface area contributed by atoms with E-state index in [4.69, 9.17) is 0 Å². The number of hydrogen-bond acceptors (Lipinski definition) is 0. The van der Waals surface area contributed by atoms with Crippen LogP contribution in [0.1, 0.15) is 58.2 Å². The molecule has 0 aliphatic rings. The van der Waals surface area contributed by atoms with E-state index in [1.807, 2.05) is 0 Å². The van der Waals surface area contributed by atoms with Gasteiger partial charge in [0.05, 0.1) is 0 Å². The van der Waals surface area contributed by atoms with Crippen LogP contribution in [-0.4, -0.2) is 13.3 Å². The maximum atomic E-state index is 2.52. The molecule has 0 bridgehead atoms. The second-order valence-electron chi connectivity index (χ2n) is 11.5. The van der Waals surface area contributed by atoms with Crippen LogP contribution >= 0.6 is 0 Å². The van der Waals surface area contributed by atoms with Crippen LogP contribution in [0.25, 0.3) is 11.3 Å². The van der Waals surface area contributed by atoms with Crippen molar-refractivity contribution < 1.29 is 4.57 Å². The van der Waals surface area contributed by atoms with Crippen LogP contribution in [0.2, 0.25) is 17.3 Å². The van der Waals surface area contributed by atoms with Crippen LogP contribution < -0.4 is 8.96 Å². The summed E-state index contributed by atoms with van der Waals surface area (Å²) in [4.78, 5) is 0. The van der Waals surface area contributed by atoms with Gasteiger partial charge in [0, 0.05) is 0 Å². The van der Waals surface area contributed by atoms with Crippen LogP contribution in [0.15, 0.2) is 30.5 Å². The van der Waals surface area contributed by atoms with Crippen molar-refractivity contribution in [2.45, 2.75) is 77.6 Å². The van der Waals surface area contributed by atoms with E-state index >= 15 is 0 Å². The fraction of sp³-hybridized carbons (Fsp3) is 0.560. The molecule has 0 spiro atoms. The molecule has 0 unspecified atom stereocenters. The summed E-state index contributed by atoms with van der Waals surface area (Å²) in [5, 5.41) is 0. The zero-order valence-electron chi connectivity index (χ0n) is 19.5. The van der Waals surface area contributed by atoms with Gasteiger partial charge in [-0.2, -0.15) is 0 Å². The molecule has 2 aromatic rings. The summed E-state index contributed by atoms with van der Waals surface area (Å²) >= 11 is -2.00. The molecule has 1 nitrogen and oxygen atoms in total. The van der Waals surface area contributed by atoms with Gasteiger partial charge in [-0.1, -0.05) is 0 Å². The Balaban J connectivity index is 2.73. The zero-order chi connectivity index (χ0) is 20.8. The molecule has 1 aromatic heterocycles. The number of benzene rings is 1. The van der Waals surface area contributed by atoms with Gasteiger partial charge in [-0.05, 0) is 0 Å².